The molecule has 0 fully saturated rings. The minimum atomic E-state index is -0.333. The minimum absolute atomic E-state index is 0.333. The van der Waals surface area contributed by atoms with Crippen molar-refractivity contribution in [3.63, 3.8) is 0 Å². The molecule has 1 aromatic carbocycles. The third-order valence-electron chi connectivity index (χ3n) is 3.24. The van der Waals surface area contributed by atoms with Gasteiger partial charge in [0.15, 0.2) is 0 Å². The highest BCUT2D eigenvalue weighted by atomic mass is 16.5. The third kappa shape index (κ3) is 1.91. The summed E-state index contributed by atoms with van der Waals surface area (Å²) in [6.07, 6.45) is 4.81. The number of ether oxygens (including phenoxy) is 1. The minimum Gasteiger partial charge on any atom is -0.496 e. The Morgan fingerprint density at radius 2 is 2.11 bits per heavy atom. The van der Waals surface area contributed by atoms with Gasteiger partial charge in [0.25, 0.3) is 0 Å². The van der Waals surface area contributed by atoms with Gasteiger partial charge in [-0.2, -0.15) is 0 Å². The second kappa shape index (κ2) is 4.65. The highest BCUT2D eigenvalue weighted by molar-refractivity contribution is 5.82. The number of benzene rings is 1. The van der Waals surface area contributed by atoms with Crippen LogP contribution in [0.1, 0.15) is 17.3 Å². The highest BCUT2D eigenvalue weighted by Crippen LogP contribution is 2.30. The predicted molar refractivity (Wildman–Crippen MR) is 73.5 cm³/mol. The Labute approximate surface area is 111 Å². The van der Waals surface area contributed by atoms with Crippen molar-refractivity contribution in [1.82, 2.24) is 9.88 Å². The molecular formula is C15H14N2O2. The molecular weight excluding hydrogens is 240 g/mol. The van der Waals surface area contributed by atoms with Gasteiger partial charge < -0.3 is 19.4 Å². The molecule has 19 heavy (non-hydrogen) atoms. The predicted octanol–water partition coefficient (Wildman–Crippen LogP) is 2.30. The maximum absolute atomic E-state index is 11.2. The second-order valence-electron chi connectivity index (χ2n) is 4.34. The number of methoxy groups -OCH3 is 1. The van der Waals surface area contributed by atoms with E-state index in [0.717, 1.165) is 29.0 Å². The molecule has 0 saturated heterocycles. The van der Waals surface area contributed by atoms with E-state index in [0.29, 0.717) is 0 Å². The number of carbonyl (C=O) groups is 1. The van der Waals surface area contributed by atoms with E-state index in [2.05, 4.69) is 5.32 Å². The first-order valence-corrected chi connectivity index (χ1v) is 6.07. The topological polar surface area (TPSA) is 43.3 Å². The van der Waals surface area contributed by atoms with Crippen molar-refractivity contribution in [1.29, 1.82) is 0 Å². The molecule has 0 bridgehead atoms. The van der Waals surface area contributed by atoms with E-state index in [4.69, 9.17) is 4.74 Å². The molecule has 2 heterocycles. The standard InChI is InChI=1S/C15H14N2O2/c1-19-15-7-3-2-5-11(15)12-9-17-8-4-6-14(17)13(10-18)16-12/h2-10,13,16H,1H3. The molecule has 1 N–H and O–H groups in total. The monoisotopic (exact) mass is 254 g/mol. The highest BCUT2D eigenvalue weighted by Gasteiger charge is 2.21. The summed E-state index contributed by atoms with van der Waals surface area (Å²) in [5, 5.41) is 3.23. The van der Waals surface area contributed by atoms with Crippen molar-refractivity contribution >= 4 is 18.2 Å². The van der Waals surface area contributed by atoms with Crippen LogP contribution >= 0.6 is 0 Å². The Morgan fingerprint density at radius 3 is 2.89 bits per heavy atom. The number of aldehydes is 1. The van der Waals surface area contributed by atoms with Gasteiger partial charge in [0.2, 0.25) is 0 Å². The first-order chi connectivity index (χ1) is 9.33. The summed E-state index contributed by atoms with van der Waals surface area (Å²) in [5.74, 6) is 0.779. The zero-order valence-corrected chi connectivity index (χ0v) is 10.5. The molecule has 1 atom stereocenters. The number of hydrogen-bond acceptors (Lipinski definition) is 3. The fraction of sp³-hybridized carbons (Fsp3) is 0.133. The molecule has 96 valence electrons. The zero-order chi connectivity index (χ0) is 13.2. The molecule has 0 radical (unpaired) electrons. The summed E-state index contributed by atoms with van der Waals surface area (Å²) in [4.78, 5) is 11.2. The van der Waals surface area contributed by atoms with E-state index in [9.17, 15) is 4.79 Å². The Balaban J connectivity index is 2.10. The lowest BCUT2D eigenvalue weighted by Crippen LogP contribution is -2.27. The maximum Gasteiger partial charge on any atom is 0.148 e. The molecule has 0 amide bonds. The summed E-state index contributed by atoms with van der Waals surface area (Å²) in [6, 6.07) is 11.3. The fourth-order valence-electron chi connectivity index (χ4n) is 2.32. The number of nitrogens with one attached hydrogen (secondary N) is 1. The summed E-state index contributed by atoms with van der Waals surface area (Å²) in [7, 11) is 1.64. The van der Waals surface area contributed by atoms with Crippen molar-refractivity contribution in [3.8, 4) is 5.75 Å². The van der Waals surface area contributed by atoms with Gasteiger partial charge in [-0.15, -0.1) is 0 Å². The molecule has 4 nitrogen and oxygen atoms in total. The summed E-state index contributed by atoms with van der Waals surface area (Å²) in [5.41, 5.74) is 2.75. The van der Waals surface area contributed by atoms with Gasteiger partial charge in [0.1, 0.15) is 18.1 Å². The van der Waals surface area contributed by atoms with Crippen molar-refractivity contribution < 1.29 is 9.53 Å². The molecule has 1 aliphatic heterocycles. The molecule has 1 aliphatic rings. The van der Waals surface area contributed by atoms with E-state index < -0.39 is 0 Å². The third-order valence-corrected chi connectivity index (χ3v) is 3.24. The fourth-order valence-corrected chi connectivity index (χ4v) is 2.32. The molecule has 1 unspecified atom stereocenters. The number of fused-ring (bicyclic) bond motifs is 1. The van der Waals surface area contributed by atoms with Crippen molar-refractivity contribution in [2.24, 2.45) is 0 Å². The molecule has 0 aliphatic carbocycles. The van der Waals surface area contributed by atoms with Crippen LogP contribution in [0.4, 0.5) is 0 Å². The van der Waals surface area contributed by atoms with Gasteiger partial charge in [-0.25, -0.2) is 0 Å². The number of aromatic nitrogens is 1. The smallest absolute Gasteiger partial charge is 0.148 e. The number of carbonyl (C=O) groups excluding carboxylic acids is 1. The zero-order valence-electron chi connectivity index (χ0n) is 10.5. The van der Waals surface area contributed by atoms with Crippen molar-refractivity contribution in [2.75, 3.05) is 7.11 Å². The van der Waals surface area contributed by atoms with Gasteiger partial charge in [-0.3, -0.25) is 0 Å². The van der Waals surface area contributed by atoms with Gasteiger partial charge in [0.05, 0.1) is 18.5 Å². The lowest BCUT2D eigenvalue weighted by Gasteiger charge is -2.24. The Morgan fingerprint density at radius 1 is 1.26 bits per heavy atom. The first kappa shape index (κ1) is 11.6. The maximum atomic E-state index is 11.2. The van der Waals surface area contributed by atoms with Crippen LogP contribution in [0, 0.1) is 0 Å². The molecule has 0 saturated carbocycles. The summed E-state index contributed by atoms with van der Waals surface area (Å²) >= 11 is 0. The van der Waals surface area contributed by atoms with E-state index in [1.54, 1.807) is 7.11 Å². The average Bonchev–Trinajstić information content (AvgIpc) is 2.94. The van der Waals surface area contributed by atoms with E-state index in [1.807, 2.05) is 53.4 Å². The quantitative estimate of drug-likeness (QED) is 0.855. The van der Waals surface area contributed by atoms with Crippen LogP contribution in [-0.2, 0) is 4.79 Å². The summed E-state index contributed by atoms with van der Waals surface area (Å²) < 4.78 is 7.31. The van der Waals surface area contributed by atoms with Crippen LogP contribution in [0.2, 0.25) is 0 Å². The number of rotatable bonds is 3. The Bertz CT molecular complexity index is 643. The van der Waals surface area contributed by atoms with Crippen molar-refractivity contribution in [3.05, 3.63) is 53.9 Å². The van der Waals surface area contributed by atoms with Gasteiger partial charge >= 0.3 is 0 Å². The van der Waals surface area contributed by atoms with Crippen LogP contribution in [-0.4, -0.2) is 18.0 Å². The van der Waals surface area contributed by atoms with Crippen LogP contribution in [0.25, 0.3) is 11.9 Å². The van der Waals surface area contributed by atoms with Crippen LogP contribution in [0.3, 0.4) is 0 Å². The average molecular weight is 254 g/mol. The normalized spacial score (nSPS) is 17.1. The number of para-hydroxylation sites is 1. The van der Waals surface area contributed by atoms with Crippen LogP contribution in [0.15, 0.2) is 42.6 Å². The van der Waals surface area contributed by atoms with Crippen LogP contribution in [0.5, 0.6) is 5.75 Å². The van der Waals surface area contributed by atoms with E-state index >= 15 is 0 Å². The lowest BCUT2D eigenvalue weighted by atomic mass is 10.1. The Kier molecular flexibility index (Phi) is 2.83. The number of nitrogens with zero attached hydrogens (tertiary/aromatic N) is 1. The van der Waals surface area contributed by atoms with Crippen LogP contribution < -0.4 is 10.1 Å². The number of hydrogen-bond donors (Lipinski definition) is 1. The van der Waals surface area contributed by atoms with Crippen molar-refractivity contribution in [2.45, 2.75) is 6.04 Å². The molecule has 1 aromatic heterocycles. The first-order valence-electron chi connectivity index (χ1n) is 6.07. The van der Waals surface area contributed by atoms with Gasteiger partial charge in [0, 0.05) is 18.0 Å². The lowest BCUT2D eigenvalue weighted by molar-refractivity contribution is -0.109. The molecule has 0 spiro atoms. The van der Waals surface area contributed by atoms with Gasteiger partial charge in [-0.05, 0) is 24.3 Å². The van der Waals surface area contributed by atoms with E-state index in [-0.39, 0.29) is 6.04 Å². The largest absolute Gasteiger partial charge is 0.496 e. The van der Waals surface area contributed by atoms with Gasteiger partial charge in [-0.1, -0.05) is 12.1 Å². The Hall–Kier alpha value is -2.49. The second-order valence-corrected chi connectivity index (χ2v) is 4.34. The summed E-state index contributed by atoms with van der Waals surface area (Å²) in [6.45, 7) is 0. The van der Waals surface area contributed by atoms with E-state index in [1.165, 1.54) is 0 Å². The molecule has 2 aromatic rings. The SMILES string of the molecule is COc1ccccc1C1=Cn2cccc2C(C=O)N1. The molecule has 4 heteroatoms. The molecule has 3 rings (SSSR count).